The van der Waals surface area contributed by atoms with Gasteiger partial charge in [0.2, 0.25) is 0 Å². The molecule has 1 amide bonds. The standard InChI is InChI=1S/C17H18N2O5S/c1-11-6-8-14(9-7-11)19-25(22,23)15-5-3-4-13(10-15)17(21)24-12(2)16(18)20/h3-10,12,19H,1-2H3,(H2,18,20)/t12-/m1/s1. The van der Waals surface area contributed by atoms with E-state index >= 15 is 0 Å². The van der Waals surface area contributed by atoms with Crippen LogP contribution < -0.4 is 10.5 Å². The molecule has 3 N–H and O–H groups in total. The van der Waals surface area contributed by atoms with Crippen molar-refractivity contribution in [3.05, 3.63) is 59.7 Å². The summed E-state index contributed by atoms with van der Waals surface area (Å²) in [6.07, 6.45) is -1.11. The predicted molar refractivity (Wildman–Crippen MR) is 92.5 cm³/mol. The zero-order chi connectivity index (χ0) is 18.6. The smallest absolute Gasteiger partial charge is 0.338 e. The van der Waals surface area contributed by atoms with Gasteiger partial charge in [-0.1, -0.05) is 23.8 Å². The van der Waals surface area contributed by atoms with Crippen LogP contribution in [0, 0.1) is 6.92 Å². The van der Waals surface area contributed by atoms with Gasteiger partial charge >= 0.3 is 5.97 Å². The molecule has 0 heterocycles. The van der Waals surface area contributed by atoms with Crippen LogP contribution in [-0.4, -0.2) is 26.4 Å². The zero-order valence-electron chi connectivity index (χ0n) is 13.7. The maximum atomic E-state index is 12.5. The number of nitrogens with two attached hydrogens (primary N) is 1. The normalized spacial score (nSPS) is 12.2. The molecule has 132 valence electrons. The number of nitrogens with one attached hydrogen (secondary N) is 1. The molecular formula is C17H18N2O5S. The van der Waals surface area contributed by atoms with E-state index in [1.807, 2.05) is 6.92 Å². The Kier molecular flexibility index (Phi) is 5.43. The molecule has 0 aliphatic carbocycles. The number of primary amides is 1. The number of anilines is 1. The average molecular weight is 362 g/mol. The van der Waals surface area contributed by atoms with Gasteiger partial charge in [0.25, 0.3) is 15.9 Å². The first-order chi connectivity index (χ1) is 11.7. The number of benzene rings is 2. The molecule has 0 fully saturated rings. The number of amides is 1. The summed E-state index contributed by atoms with van der Waals surface area (Å²) in [5.41, 5.74) is 6.44. The van der Waals surface area contributed by atoms with E-state index in [0.717, 1.165) is 5.56 Å². The molecule has 0 radical (unpaired) electrons. The number of hydrogen-bond acceptors (Lipinski definition) is 5. The van der Waals surface area contributed by atoms with E-state index < -0.39 is 28.0 Å². The molecule has 0 aliphatic heterocycles. The Balaban J connectivity index is 2.23. The SMILES string of the molecule is Cc1ccc(NS(=O)(=O)c2cccc(C(=O)O[C@H](C)C(N)=O)c2)cc1. The molecule has 2 aromatic rings. The predicted octanol–water partition coefficient (Wildman–Crippen LogP) is 1.83. The second-order valence-corrected chi connectivity index (χ2v) is 7.13. The molecule has 0 unspecified atom stereocenters. The van der Waals surface area contributed by atoms with E-state index in [1.54, 1.807) is 24.3 Å². The first-order valence-corrected chi connectivity index (χ1v) is 8.87. The van der Waals surface area contributed by atoms with E-state index in [-0.39, 0.29) is 10.5 Å². The quantitative estimate of drug-likeness (QED) is 0.761. The second kappa shape index (κ2) is 7.35. The second-order valence-electron chi connectivity index (χ2n) is 5.45. The maximum absolute atomic E-state index is 12.5. The monoisotopic (exact) mass is 362 g/mol. The maximum Gasteiger partial charge on any atom is 0.338 e. The third-order valence-corrected chi connectivity index (χ3v) is 4.75. The Labute approximate surface area is 145 Å². The number of ether oxygens (including phenoxy) is 1. The van der Waals surface area contributed by atoms with Crippen LogP contribution in [0.4, 0.5) is 5.69 Å². The van der Waals surface area contributed by atoms with Crippen molar-refractivity contribution in [2.24, 2.45) is 5.73 Å². The topological polar surface area (TPSA) is 116 Å². The fourth-order valence-electron chi connectivity index (χ4n) is 1.91. The molecule has 2 rings (SSSR count). The summed E-state index contributed by atoms with van der Waals surface area (Å²) in [6.45, 7) is 3.22. The number of sulfonamides is 1. The van der Waals surface area contributed by atoms with Gasteiger partial charge in [-0.15, -0.1) is 0 Å². The van der Waals surface area contributed by atoms with Gasteiger partial charge in [-0.05, 0) is 44.2 Å². The van der Waals surface area contributed by atoms with E-state index in [1.165, 1.54) is 31.2 Å². The van der Waals surface area contributed by atoms with Gasteiger partial charge in [-0.25, -0.2) is 13.2 Å². The van der Waals surface area contributed by atoms with Crippen LogP contribution in [0.3, 0.4) is 0 Å². The van der Waals surface area contributed by atoms with E-state index in [0.29, 0.717) is 5.69 Å². The van der Waals surface area contributed by atoms with E-state index in [9.17, 15) is 18.0 Å². The van der Waals surface area contributed by atoms with Crippen LogP contribution in [0.25, 0.3) is 0 Å². The number of hydrogen-bond donors (Lipinski definition) is 2. The highest BCUT2D eigenvalue weighted by atomic mass is 32.2. The lowest BCUT2D eigenvalue weighted by Crippen LogP contribution is -2.30. The minimum Gasteiger partial charge on any atom is -0.449 e. The van der Waals surface area contributed by atoms with E-state index in [4.69, 9.17) is 10.5 Å². The largest absolute Gasteiger partial charge is 0.449 e. The van der Waals surface area contributed by atoms with Gasteiger partial charge in [0.15, 0.2) is 6.10 Å². The lowest BCUT2D eigenvalue weighted by Gasteiger charge is -2.11. The van der Waals surface area contributed by atoms with Crippen molar-refractivity contribution in [1.29, 1.82) is 0 Å². The first-order valence-electron chi connectivity index (χ1n) is 7.39. The van der Waals surface area contributed by atoms with E-state index in [2.05, 4.69) is 4.72 Å². The minimum absolute atomic E-state index is 0.000110. The molecule has 1 atom stereocenters. The first kappa shape index (κ1) is 18.5. The van der Waals surface area contributed by atoms with Crippen LogP contribution >= 0.6 is 0 Å². The molecule has 25 heavy (non-hydrogen) atoms. The Bertz CT molecular complexity index is 892. The summed E-state index contributed by atoms with van der Waals surface area (Å²) in [7, 11) is -3.88. The Morgan fingerprint density at radius 2 is 1.76 bits per heavy atom. The van der Waals surface area contributed by atoms with Crippen molar-refractivity contribution in [3.63, 3.8) is 0 Å². The van der Waals surface area contributed by atoms with Crippen molar-refractivity contribution in [2.45, 2.75) is 24.8 Å². The molecule has 0 aromatic heterocycles. The number of rotatable bonds is 6. The Hall–Kier alpha value is -2.87. The van der Waals surface area contributed by atoms with Crippen LogP contribution in [0.2, 0.25) is 0 Å². The molecule has 0 bridgehead atoms. The minimum atomic E-state index is -3.88. The highest BCUT2D eigenvalue weighted by molar-refractivity contribution is 7.92. The summed E-state index contributed by atoms with van der Waals surface area (Å²) in [5, 5.41) is 0. The Morgan fingerprint density at radius 3 is 2.36 bits per heavy atom. The molecule has 0 saturated heterocycles. The third kappa shape index (κ3) is 4.80. The molecule has 2 aromatic carbocycles. The molecular weight excluding hydrogens is 344 g/mol. The zero-order valence-corrected chi connectivity index (χ0v) is 14.5. The highest BCUT2D eigenvalue weighted by Gasteiger charge is 2.20. The summed E-state index contributed by atoms with van der Waals surface area (Å²) in [5.74, 6) is -1.63. The van der Waals surface area contributed by atoms with Gasteiger partial charge in [0.05, 0.1) is 10.5 Å². The number of esters is 1. The van der Waals surface area contributed by atoms with Gasteiger partial charge < -0.3 is 10.5 Å². The van der Waals surface area contributed by atoms with Crippen LogP contribution in [0.5, 0.6) is 0 Å². The van der Waals surface area contributed by atoms with Gasteiger partial charge in [-0.3, -0.25) is 9.52 Å². The van der Waals surface area contributed by atoms with Crippen molar-refractivity contribution < 1.29 is 22.7 Å². The van der Waals surface area contributed by atoms with Gasteiger partial charge in [-0.2, -0.15) is 0 Å². The number of carbonyl (C=O) groups is 2. The average Bonchev–Trinajstić information content (AvgIpc) is 2.56. The van der Waals surface area contributed by atoms with Crippen molar-refractivity contribution in [1.82, 2.24) is 0 Å². The van der Waals surface area contributed by atoms with Crippen LogP contribution in [0.1, 0.15) is 22.8 Å². The number of aryl methyl sites for hydroxylation is 1. The summed E-state index contributed by atoms with van der Waals surface area (Å²) >= 11 is 0. The van der Waals surface area contributed by atoms with Crippen LogP contribution in [-0.2, 0) is 19.6 Å². The fourth-order valence-corrected chi connectivity index (χ4v) is 3.02. The van der Waals surface area contributed by atoms with Gasteiger partial charge in [0.1, 0.15) is 0 Å². The van der Waals surface area contributed by atoms with Crippen LogP contribution in [0.15, 0.2) is 53.4 Å². The Morgan fingerprint density at radius 1 is 1.12 bits per heavy atom. The molecule has 7 nitrogen and oxygen atoms in total. The number of carbonyl (C=O) groups excluding carboxylic acids is 2. The lowest BCUT2D eigenvalue weighted by molar-refractivity contribution is -0.125. The van der Waals surface area contributed by atoms with Crippen molar-refractivity contribution >= 4 is 27.6 Å². The van der Waals surface area contributed by atoms with Gasteiger partial charge in [0, 0.05) is 5.69 Å². The summed E-state index contributed by atoms with van der Waals surface area (Å²) in [4.78, 5) is 22.8. The van der Waals surface area contributed by atoms with Crippen molar-refractivity contribution in [3.8, 4) is 0 Å². The molecule has 0 aliphatic rings. The summed E-state index contributed by atoms with van der Waals surface area (Å²) < 4.78 is 32.2. The molecule has 8 heteroatoms. The molecule has 0 spiro atoms. The fraction of sp³-hybridized carbons (Fsp3) is 0.176. The molecule has 0 saturated carbocycles. The van der Waals surface area contributed by atoms with Crippen molar-refractivity contribution in [2.75, 3.05) is 4.72 Å². The lowest BCUT2D eigenvalue weighted by atomic mass is 10.2. The summed E-state index contributed by atoms with van der Waals surface area (Å²) in [6, 6.07) is 12.2. The highest BCUT2D eigenvalue weighted by Crippen LogP contribution is 2.18. The third-order valence-electron chi connectivity index (χ3n) is 3.37.